The van der Waals surface area contributed by atoms with Gasteiger partial charge in [-0.15, -0.1) is 29.3 Å². The van der Waals surface area contributed by atoms with Crippen LogP contribution in [0.3, 0.4) is 0 Å². The summed E-state index contributed by atoms with van der Waals surface area (Å²) in [6.07, 6.45) is 1.59. The van der Waals surface area contributed by atoms with Crippen molar-refractivity contribution >= 4 is 11.0 Å². The standard InChI is InChI=1S/C57H58N3O.Pt/c1-36(2)47-35-44(25-26-45(47)38-21-16-13-17-22-38)60-51-24-18-23-46(52(51)59-54(60)48-33-43(56(6,7)8)34-49(53(48)61)57(9,10)11)40-29-41(31-42(30-40)55(3,4)5)50-32-39(27-28-58-50)37-19-14-12-15-20-37;/h12-28,30-36,61H,1-11H3;/q-1;/i12D,14D,15D,19D,20D,36D;. The Morgan fingerprint density at radius 1 is 0.645 bits per heavy atom. The number of aromatic hydroxyl groups is 1. The van der Waals surface area contributed by atoms with Crippen LogP contribution in [0.4, 0.5) is 0 Å². The van der Waals surface area contributed by atoms with Crippen LogP contribution in [-0.2, 0) is 37.3 Å². The number of hydrogen-bond donors (Lipinski definition) is 1. The maximum Gasteiger partial charge on any atom is 0.148 e. The number of phenolic OH excluding ortho intramolecular Hbond substituents is 1. The molecule has 8 aromatic rings. The third-order valence-electron chi connectivity index (χ3n) is 11.4. The van der Waals surface area contributed by atoms with Gasteiger partial charge in [0.15, 0.2) is 0 Å². The number of para-hydroxylation sites is 1. The van der Waals surface area contributed by atoms with Crippen LogP contribution in [0, 0.1) is 6.07 Å². The Morgan fingerprint density at radius 2 is 1.32 bits per heavy atom. The molecule has 0 aliphatic carbocycles. The van der Waals surface area contributed by atoms with Crippen molar-refractivity contribution in [2.24, 2.45) is 0 Å². The van der Waals surface area contributed by atoms with Crippen LogP contribution in [0.2, 0.25) is 0 Å². The monoisotopic (exact) mass is 1000 g/mol. The van der Waals surface area contributed by atoms with E-state index in [0.29, 0.717) is 33.7 Å². The average molecular weight is 1000 g/mol. The molecule has 0 saturated heterocycles. The molecule has 0 spiro atoms. The first-order valence-corrected chi connectivity index (χ1v) is 21.0. The number of benzene rings is 6. The molecule has 2 heterocycles. The first kappa shape index (κ1) is 37.0. The summed E-state index contributed by atoms with van der Waals surface area (Å²) >= 11 is 0. The van der Waals surface area contributed by atoms with E-state index in [1.165, 1.54) is 0 Å². The van der Waals surface area contributed by atoms with E-state index in [1.807, 2.05) is 56.3 Å². The Bertz CT molecular complexity index is 3210. The zero-order valence-corrected chi connectivity index (χ0v) is 39.8. The van der Waals surface area contributed by atoms with Gasteiger partial charge < -0.3 is 5.11 Å². The van der Waals surface area contributed by atoms with Gasteiger partial charge in [-0.25, -0.2) is 4.98 Å². The van der Waals surface area contributed by atoms with Gasteiger partial charge in [0, 0.05) is 45.6 Å². The summed E-state index contributed by atoms with van der Waals surface area (Å²) in [5, 5.41) is 12.4. The fourth-order valence-corrected chi connectivity index (χ4v) is 7.94. The maximum atomic E-state index is 12.4. The summed E-state index contributed by atoms with van der Waals surface area (Å²) in [5.41, 5.74) is 10.9. The molecule has 0 aliphatic rings. The smallest absolute Gasteiger partial charge is 0.148 e. The fourth-order valence-electron chi connectivity index (χ4n) is 7.94. The number of fused-ring (bicyclic) bond motifs is 1. The zero-order chi connectivity index (χ0) is 48.7. The Hall–Kier alpha value is -5.57. The first-order chi connectivity index (χ1) is 31.3. The van der Waals surface area contributed by atoms with Gasteiger partial charge in [-0.3, -0.25) is 9.55 Å². The van der Waals surface area contributed by atoms with Crippen LogP contribution in [0.25, 0.3) is 72.7 Å². The Balaban J connectivity index is 0.00000684. The van der Waals surface area contributed by atoms with E-state index in [2.05, 4.69) is 121 Å². The van der Waals surface area contributed by atoms with Crippen LogP contribution in [0.1, 0.15) is 113 Å². The van der Waals surface area contributed by atoms with Crippen LogP contribution in [0.5, 0.6) is 5.75 Å². The van der Waals surface area contributed by atoms with Gasteiger partial charge in [0.25, 0.3) is 0 Å². The Kier molecular flexibility index (Phi) is 10.1. The number of imidazole rings is 1. The quantitative estimate of drug-likeness (QED) is 0.162. The number of aromatic nitrogens is 3. The number of nitrogens with zero attached hydrogens (tertiary/aromatic N) is 3. The molecule has 0 saturated carbocycles. The third kappa shape index (κ3) is 8.73. The molecule has 0 amide bonds. The van der Waals surface area contributed by atoms with E-state index in [4.69, 9.17) is 16.8 Å². The molecule has 0 unspecified atom stereocenters. The topological polar surface area (TPSA) is 50.9 Å². The SMILES string of the molecule is [2H]c1c([2H])c([2H])c(-c2ccnc(-c3[c-]c(-c4cccc5c4nc(-c4cc(C(C)(C)C)cc(C(C)(C)C)c4O)n5-c4ccc(-c5ccccc5)c(C([2H])(C)C)c4)cc(C(C)(C)C)c3)c2)c([2H])c1[2H].[Pt]. The van der Waals surface area contributed by atoms with E-state index in [-0.39, 0.29) is 55.3 Å². The van der Waals surface area contributed by atoms with Crippen LogP contribution >= 0.6 is 0 Å². The van der Waals surface area contributed by atoms with Crippen molar-refractivity contribution in [3.63, 3.8) is 0 Å². The van der Waals surface area contributed by atoms with Crippen molar-refractivity contribution in [2.75, 3.05) is 0 Å². The second kappa shape index (κ2) is 16.9. The minimum absolute atomic E-state index is 0. The van der Waals surface area contributed by atoms with Crippen LogP contribution in [0.15, 0.2) is 140 Å². The number of phenols is 1. The van der Waals surface area contributed by atoms with E-state index in [9.17, 15) is 6.48 Å². The molecule has 1 N–H and O–H groups in total. The third-order valence-corrected chi connectivity index (χ3v) is 11.4. The second-order valence-corrected chi connectivity index (χ2v) is 19.3. The van der Waals surface area contributed by atoms with Crippen molar-refractivity contribution in [3.8, 4) is 67.5 Å². The summed E-state index contributed by atoms with van der Waals surface area (Å²) in [6.45, 7) is 23.1. The normalized spacial score (nSPS) is 13.7. The summed E-state index contributed by atoms with van der Waals surface area (Å²) in [6, 6.07) is 36.1. The number of hydrogen-bond acceptors (Lipinski definition) is 3. The molecular formula is C57H58N3OPt-. The first-order valence-electron chi connectivity index (χ1n) is 24.0. The van der Waals surface area contributed by atoms with E-state index in [0.717, 1.165) is 55.7 Å². The van der Waals surface area contributed by atoms with E-state index < -0.39 is 29.4 Å². The summed E-state index contributed by atoms with van der Waals surface area (Å²) in [5.74, 6) is -0.254. The predicted octanol–water partition coefficient (Wildman–Crippen LogP) is 15.3. The molecule has 0 atom stereocenters. The molecular weight excluding hydrogens is 938 g/mol. The molecule has 0 aliphatic heterocycles. The molecule has 5 heteroatoms. The number of pyridine rings is 1. The van der Waals surface area contributed by atoms with Gasteiger partial charge in [0.1, 0.15) is 11.6 Å². The van der Waals surface area contributed by atoms with Gasteiger partial charge in [-0.2, -0.15) is 0 Å². The van der Waals surface area contributed by atoms with Gasteiger partial charge in [-0.05, 0) is 85.9 Å². The van der Waals surface area contributed by atoms with Gasteiger partial charge >= 0.3 is 0 Å². The van der Waals surface area contributed by atoms with E-state index >= 15 is 0 Å². The molecule has 8 rings (SSSR count). The van der Waals surface area contributed by atoms with Gasteiger partial charge in [0.05, 0.1) is 23.5 Å². The predicted molar refractivity (Wildman–Crippen MR) is 257 cm³/mol. The van der Waals surface area contributed by atoms with Crippen molar-refractivity contribution < 1.29 is 34.4 Å². The second-order valence-electron chi connectivity index (χ2n) is 19.3. The zero-order valence-electron chi connectivity index (χ0n) is 43.5. The summed E-state index contributed by atoms with van der Waals surface area (Å²) in [7, 11) is 0. The van der Waals surface area contributed by atoms with Gasteiger partial charge in [-0.1, -0.05) is 178 Å². The Labute approximate surface area is 391 Å². The van der Waals surface area contributed by atoms with Crippen LogP contribution < -0.4 is 0 Å². The molecule has 0 radical (unpaired) electrons. The molecule has 62 heavy (non-hydrogen) atoms. The van der Waals surface area contributed by atoms with E-state index in [1.54, 1.807) is 18.3 Å². The molecule has 0 bridgehead atoms. The van der Waals surface area contributed by atoms with Crippen molar-refractivity contribution in [1.82, 2.24) is 14.5 Å². The summed E-state index contributed by atoms with van der Waals surface area (Å²) in [4.78, 5) is 10.3. The Morgan fingerprint density at radius 3 is 1.98 bits per heavy atom. The molecule has 2 aromatic heterocycles. The van der Waals surface area contributed by atoms with Crippen molar-refractivity contribution in [2.45, 2.75) is 98.3 Å². The minimum atomic E-state index is -0.969. The maximum absolute atomic E-state index is 12.4. The van der Waals surface area contributed by atoms with Gasteiger partial charge in [0.2, 0.25) is 0 Å². The molecule has 318 valence electrons. The average Bonchev–Trinajstić information content (AvgIpc) is 3.66. The largest absolute Gasteiger partial charge is 0.507 e. The molecule has 6 aromatic carbocycles. The van der Waals surface area contributed by atoms with Crippen LogP contribution in [-0.4, -0.2) is 19.6 Å². The molecule has 0 fully saturated rings. The minimum Gasteiger partial charge on any atom is -0.507 e. The van der Waals surface area contributed by atoms with Crippen molar-refractivity contribution in [1.29, 1.82) is 0 Å². The summed E-state index contributed by atoms with van der Waals surface area (Å²) < 4.78 is 53.7. The fraction of sp³-hybridized carbons (Fsp3) is 0.263. The van der Waals surface area contributed by atoms with Crippen molar-refractivity contribution in [3.05, 3.63) is 168 Å². The number of rotatable bonds is 7. The molecule has 4 nitrogen and oxygen atoms in total.